The first-order chi connectivity index (χ1) is 20.8. The summed E-state index contributed by atoms with van der Waals surface area (Å²) >= 11 is 0. The average Bonchev–Trinajstić information content (AvgIpc) is 3.38. The van der Waals surface area contributed by atoms with Gasteiger partial charge >= 0.3 is 18.0 Å². The van der Waals surface area contributed by atoms with Crippen molar-refractivity contribution in [1.82, 2.24) is 20.1 Å². The quantitative estimate of drug-likeness (QED) is 0.215. The number of alkyl halides is 6. The molecule has 3 aromatic carbocycles. The van der Waals surface area contributed by atoms with Crippen LogP contribution in [0.2, 0.25) is 0 Å². The van der Waals surface area contributed by atoms with Crippen LogP contribution in [-0.4, -0.2) is 39.3 Å². The maximum absolute atomic E-state index is 13.9. The summed E-state index contributed by atoms with van der Waals surface area (Å²) in [7, 11) is 0. The minimum atomic E-state index is -5.01. The minimum Gasteiger partial charge on any atom is -0.373 e. The first-order valence-corrected chi connectivity index (χ1v) is 13.5. The van der Waals surface area contributed by atoms with E-state index in [4.69, 9.17) is 4.74 Å². The molecule has 5 rings (SSSR count). The van der Waals surface area contributed by atoms with Gasteiger partial charge in [-0.05, 0) is 65.6 Å². The first kappa shape index (κ1) is 31.4. The van der Waals surface area contributed by atoms with Gasteiger partial charge in [0.25, 0.3) is 0 Å². The molecule has 1 fully saturated rings. The first-order valence-electron chi connectivity index (χ1n) is 13.5. The molecule has 4 aromatic rings. The van der Waals surface area contributed by atoms with Gasteiger partial charge in [-0.25, -0.2) is 18.7 Å². The molecule has 234 valence electrons. The van der Waals surface area contributed by atoms with E-state index in [1.165, 1.54) is 24.3 Å². The second-order valence-corrected chi connectivity index (χ2v) is 10.7. The van der Waals surface area contributed by atoms with Crippen LogP contribution in [-0.2, 0) is 30.2 Å². The Morgan fingerprint density at radius 1 is 0.864 bits per heavy atom. The van der Waals surface area contributed by atoms with Crippen molar-refractivity contribution < 1.29 is 39.9 Å². The lowest BCUT2D eigenvalue weighted by Gasteiger charge is -2.42. The van der Waals surface area contributed by atoms with Crippen LogP contribution in [0.25, 0.3) is 0 Å². The van der Waals surface area contributed by atoms with Gasteiger partial charge in [-0.2, -0.15) is 31.4 Å². The van der Waals surface area contributed by atoms with Crippen molar-refractivity contribution in [3.63, 3.8) is 0 Å². The lowest BCUT2D eigenvalue weighted by molar-refractivity contribution is -0.143. The molecule has 2 atom stereocenters. The third-order valence-corrected chi connectivity index (χ3v) is 7.60. The van der Waals surface area contributed by atoms with Crippen LogP contribution in [0.15, 0.2) is 71.5 Å². The van der Waals surface area contributed by atoms with Crippen molar-refractivity contribution >= 4 is 0 Å². The summed E-state index contributed by atoms with van der Waals surface area (Å²) in [6.07, 6.45) is -10.4. The second kappa shape index (κ2) is 12.5. The third-order valence-electron chi connectivity index (χ3n) is 7.60. The van der Waals surface area contributed by atoms with E-state index < -0.39 is 65.4 Å². The number of benzene rings is 3. The summed E-state index contributed by atoms with van der Waals surface area (Å²) in [5.74, 6) is -1.64. The Morgan fingerprint density at radius 2 is 1.41 bits per heavy atom. The highest BCUT2D eigenvalue weighted by atomic mass is 19.4. The molecule has 0 amide bonds. The SMILES string of the molecule is O=c1[nH]nc(CN2CC[C@@H](OCc3cc(C(F)(F)F)cc(C(F)(F)F)c3)[C@@H](C(c3ccc(F)cc3)c3ccc(F)cc3)C2)[nH]1. The largest absolute Gasteiger partial charge is 0.416 e. The number of aromatic nitrogens is 3. The molecule has 0 radical (unpaired) electrons. The van der Waals surface area contributed by atoms with E-state index in [2.05, 4.69) is 15.2 Å². The van der Waals surface area contributed by atoms with Crippen LogP contribution in [0, 0.1) is 17.6 Å². The fourth-order valence-corrected chi connectivity index (χ4v) is 5.63. The zero-order chi connectivity index (χ0) is 31.6. The van der Waals surface area contributed by atoms with E-state index in [1.807, 2.05) is 4.90 Å². The predicted octanol–water partition coefficient (Wildman–Crippen LogP) is 6.65. The van der Waals surface area contributed by atoms with Gasteiger partial charge in [0.15, 0.2) is 0 Å². The number of H-pyrrole nitrogens is 2. The summed E-state index contributed by atoms with van der Waals surface area (Å²) in [5.41, 5.74) is -2.40. The lowest BCUT2D eigenvalue weighted by atomic mass is 9.75. The van der Waals surface area contributed by atoms with Crippen LogP contribution in [0.5, 0.6) is 0 Å². The highest BCUT2D eigenvalue weighted by molar-refractivity contribution is 5.35. The van der Waals surface area contributed by atoms with Crippen LogP contribution in [0.1, 0.15) is 46.0 Å². The van der Waals surface area contributed by atoms with Gasteiger partial charge in [-0.1, -0.05) is 24.3 Å². The molecule has 1 aliphatic rings. The van der Waals surface area contributed by atoms with Crippen LogP contribution < -0.4 is 5.69 Å². The van der Waals surface area contributed by atoms with Crippen molar-refractivity contribution in [3.8, 4) is 0 Å². The molecule has 0 unspecified atom stereocenters. The molecule has 0 aliphatic carbocycles. The van der Waals surface area contributed by atoms with E-state index in [9.17, 15) is 39.9 Å². The van der Waals surface area contributed by atoms with Gasteiger partial charge in [-0.15, -0.1) is 0 Å². The van der Waals surface area contributed by atoms with E-state index in [1.54, 1.807) is 24.3 Å². The molecule has 1 aromatic heterocycles. The molecule has 0 bridgehead atoms. The Labute approximate surface area is 245 Å². The van der Waals surface area contributed by atoms with Crippen molar-refractivity contribution in [2.24, 2.45) is 5.92 Å². The van der Waals surface area contributed by atoms with E-state index >= 15 is 0 Å². The summed E-state index contributed by atoms with van der Waals surface area (Å²) in [6, 6.07) is 12.6. The zero-order valence-corrected chi connectivity index (χ0v) is 22.9. The molecule has 1 aliphatic heterocycles. The van der Waals surface area contributed by atoms with E-state index in [0.717, 1.165) is 0 Å². The Morgan fingerprint density at radius 3 is 1.89 bits per heavy atom. The molecular formula is C30H26F8N4O2. The normalized spacial score (nSPS) is 18.2. The molecule has 6 nitrogen and oxygen atoms in total. The number of hydrogen-bond acceptors (Lipinski definition) is 4. The van der Waals surface area contributed by atoms with Gasteiger partial charge in [-0.3, -0.25) is 9.88 Å². The van der Waals surface area contributed by atoms with Crippen LogP contribution in [0.4, 0.5) is 35.1 Å². The van der Waals surface area contributed by atoms with Crippen LogP contribution in [0.3, 0.4) is 0 Å². The van der Waals surface area contributed by atoms with E-state index in [0.29, 0.717) is 42.0 Å². The standard InChI is InChI=1S/C30H26F8N4O2/c31-22-5-1-18(2-6-22)27(19-3-7-23(32)8-4-19)24-14-42(15-26-39-28(43)41-40-26)10-9-25(24)44-16-17-11-20(29(33,34)35)13-21(12-17)30(36,37)38/h1-8,11-13,24-25,27H,9-10,14-16H2,(H2,39,40,41,43)/t24-,25+/m0/s1. The number of aromatic amines is 2. The van der Waals surface area contributed by atoms with Crippen molar-refractivity contribution in [2.45, 2.75) is 43.9 Å². The lowest BCUT2D eigenvalue weighted by Crippen LogP contribution is -2.46. The minimum absolute atomic E-state index is 0.0588. The van der Waals surface area contributed by atoms with Crippen molar-refractivity contribution in [3.05, 3.63) is 122 Å². The highest BCUT2D eigenvalue weighted by Crippen LogP contribution is 2.40. The second-order valence-electron chi connectivity index (χ2n) is 10.7. The molecule has 44 heavy (non-hydrogen) atoms. The summed E-state index contributed by atoms with van der Waals surface area (Å²) in [6.45, 7) is 0.367. The number of rotatable bonds is 8. The molecule has 0 spiro atoms. The summed E-state index contributed by atoms with van der Waals surface area (Å²) < 4.78 is 115. The van der Waals surface area contributed by atoms with Gasteiger partial charge in [0, 0.05) is 24.9 Å². The number of nitrogens with one attached hydrogen (secondary N) is 2. The number of ether oxygens (including phenoxy) is 1. The van der Waals surface area contributed by atoms with Gasteiger partial charge in [0.2, 0.25) is 0 Å². The number of halogens is 8. The number of likely N-dealkylation sites (tertiary alicyclic amines) is 1. The smallest absolute Gasteiger partial charge is 0.373 e. The molecule has 2 heterocycles. The highest BCUT2D eigenvalue weighted by Gasteiger charge is 2.39. The van der Waals surface area contributed by atoms with Gasteiger partial charge < -0.3 is 4.74 Å². The Kier molecular flexibility index (Phi) is 8.93. The summed E-state index contributed by atoms with van der Waals surface area (Å²) in [5, 5.41) is 6.22. The predicted molar refractivity (Wildman–Crippen MR) is 142 cm³/mol. The van der Waals surface area contributed by atoms with Crippen LogP contribution >= 0.6 is 0 Å². The maximum atomic E-state index is 13.9. The maximum Gasteiger partial charge on any atom is 0.416 e. The number of piperidine rings is 1. The van der Waals surface area contributed by atoms with Gasteiger partial charge in [0.05, 0.1) is 30.4 Å². The fraction of sp³-hybridized carbons (Fsp3) is 0.333. The Balaban J connectivity index is 1.50. The molecule has 2 N–H and O–H groups in total. The van der Waals surface area contributed by atoms with Crippen molar-refractivity contribution in [2.75, 3.05) is 13.1 Å². The third kappa shape index (κ3) is 7.53. The average molecular weight is 627 g/mol. The number of nitrogens with zero attached hydrogens (tertiary/aromatic N) is 2. The van der Waals surface area contributed by atoms with Gasteiger partial charge in [0.1, 0.15) is 17.5 Å². The molecular weight excluding hydrogens is 600 g/mol. The Bertz CT molecular complexity index is 1540. The Hall–Kier alpha value is -4.04. The molecule has 1 saturated heterocycles. The molecule has 14 heteroatoms. The summed E-state index contributed by atoms with van der Waals surface area (Å²) in [4.78, 5) is 16.1. The zero-order valence-electron chi connectivity index (χ0n) is 22.9. The topological polar surface area (TPSA) is 74.0 Å². The monoisotopic (exact) mass is 626 g/mol. The molecule has 0 saturated carbocycles. The fourth-order valence-electron chi connectivity index (χ4n) is 5.63. The van der Waals surface area contributed by atoms with E-state index in [-0.39, 0.29) is 24.7 Å². The number of hydrogen-bond donors (Lipinski definition) is 2. The van der Waals surface area contributed by atoms with Crippen molar-refractivity contribution in [1.29, 1.82) is 0 Å².